The van der Waals surface area contributed by atoms with Gasteiger partial charge in [0, 0.05) is 38.4 Å². The maximum Gasteiger partial charge on any atom is 0.164 e. The standard InChI is InChI=1S/C38H22N4OS/c1-3-10-24(11-4-1)35-40-36(25-12-5-2-6-13-25)42-37(41-35)29-16-9-14-23-19-21-30-34(33(23)29)44-38(39-30)26-18-20-28-27-15-7-8-17-31(27)43-32(28)22-26/h1-22H. The smallest absolute Gasteiger partial charge is 0.164 e. The molecule has 0 bridgehead atoms. The fourth-order valence-electron chi connectivity index (χ4n) is 5.85. The van der Waals surface area contributed by atoms with Crippen molar-refractivity contribution in [3.05, 3.63) is 133 Å². The molecule has 0 atom stereocenters. The Kier molecular flexibility index (Phi) is 5.61. The second-order valence-corrected chi connectivity index (χ2v) is 11.7. The topological polar surface area (TPSA) is 64.7 Å². The largest absolute Gasteiger partial charge is 0.456 e. The molecule has 0 fully saturated rings. The Morgan fingerprint density at radius 3 is 1.93 bits per heavy atom. The van der Waals surface area contributed by atoms with E-state index in [-0.39, 0.29) is 0 Å². The predicted octanol–water partition coefficient (Wildman–Crippen LogP) is 10.2. The lowest BCUT2D eigenvalue weighted by atomic mass is 10.0. The molecule has 44 heavy (non-hydrogen) atoms. The summed E-state index contributed by atoms with van der Waals surface area (Å²) in [6.45, 7) is 0. The van der Waals surface area contributed by atoms with Crippen LogP contribution in [0.4, 0.5) is 0 Å². The highest BCUT2D eigenvalue weighted by atomic mass is 32.1. The van der Waals surface area contributed by atoms with Crippen molar-refractivity contribution in [3.8, 4) is 44.7 Å². The first-order valence-corrected chi connectivity index (χ1v) is 15.2. The molecule has 3 aromatic heterocycles. The van der Waals surface area contributed by atoms with Crippen LogP contribution in [0.1, 0.15) is 0 Å². The Morgan fingerprint density at radius 2 is 1.16 bits per heavy atom. The number of thiazole rings is 1. The summed E-state index contributed by atoms with van der Waals surface area (Å²) in [4.78, 5) is 20.0. The van der Waals surface area contributed by atoms with E-state index in [4.69, 9.17) is 24.4 Å². The molecule has 206 valence electrons. The number of rotatable bonds is 4. The molecule has 0 aliphatic rings. The molecule has 5 nitrogen and oxygen atoms in total. The van der Waals surface area contributed by atoms with E-state index in [0.29, 0.717) is 17.5 Å². The van der Waals surface area contributed by atoms with Gasteiger partial charge in [0.2, 0.25) is 0 Å². The van der Waals surface area contributed by atoms with E-state index in [1.165, 1.54) is 0 Å². The number of para-hydroxylation sites is 1. The molecule has 0 spiro atoms. The summed E-state index contributed by atoms with van der Waals surface area (Å²) < 4.78 is 7.28. The summed E-state index contributed by atoms with van der Waals surface area (Å²) in [7, 11) is 0. The summed E-state index contributed by atoms with van der Waals surface area (Å²) in [6.07, 6.45) is 0. The lowest BCUT2D eigenvalue weighted by molar-refractivity contribution is 0.669. The first-order valence-electron chi connectivity index (χ1n) is 14.4. The minimum atomic E-state index is 0.634. The predicted molar refractivity (Wildman–Crippen MR) is 180 cm³/mol. The van der Waals surface area contributed by atoms with Crippen LogP contribution in [0, 0.1) is 0 Å². The number of nitrogens with zero attached hydrogens (tertiary/aromatic N) is 4. The molecule has 0 aliphatic carbocycles. The van der Waals surface area contributed by atoms with E-state index in [1.807, 2.05) is 78.9 Å². The van der Waals surface area contributed by atoms with Gasteiger partial charge in [0.15, 0.2) is 17.5 Å². The molecule has 9 aromatic rings. The number of hydrogen-bond acceptors (Lipinski definition) is 6. The van der Waals surface area contributed by atoms with Crippen LogP contribution in [0.2, 0.25) is 0 Å². The van der Waals surface area contributed by atoms with E-state index in [0.717, 1.165) is 70.2 Å². The third kappa shape index (κ3) is 4.07. The van der Waals surface area contributed by atoms with E-state index in [9.17, 15) is 0 Å². The van der Waals surface area contributed by atoms with Crippen LogP contribution in [0.5, 0.6) is 0 Å². The molecule has 9 rings (SSSR count). The minimum absolute atomic E-state index is 0.634. The molecule has 0 aliphatic heterocycles. The van der Waals surface area contributed by atoms with Gasteiger partial charge in [-0.2, -0.15) is 0 Å². The van der Waals surface area contributed by atoms with Gasteiger partial charge >= 0.3 is 0 Å². The van der Waals surface area contributed by atoms with Crippen molar-refractivity contribution in [1.29, 1.82) is 0 Å². The Hall–Kier alpha value is -5.72. The van der Waals surface area contributed by atoms with Crippen molar-refractivity contribution < 1.29 is 4.42 Å². The maximum absolute atomic E-state index is 6.19. The van der Waals surface area contributed by atoms with Crippen LogP contribution >= 0.6 is 11.3 Å². The molecule has 0 unspecified atom stereocenters. The van der Waals surface area contributed by atoms with Crippen molar-refractivity contribution in [1.82, 2.24) is 19.9 Å². The van der Waals surface area contributed by atoms with Gasteiger partial charge in [-0.3, -0.25) is 0 Å². The van der Waals surface area contributed by atoms with Crippen molar-refractivity contribution in [2.45, 2.75) is 0 Å². The third-order valence-corrected chi connectivity index (χ3v) is 9.10. The maximum atomic E-state index is 6.19. The highest BCUT2D eigenvalue weighted by molar-refractivity contribution is 7.22. The average Bonchev–Trinajstić information content (AvgIpc) is 3.70. The van der Waals surface area contributed by atoms with Crippen LogP contribution in [-0.2, 0) is 0 Å². The number of fused-ring (bicyclic) bond motifs is 6. The van der Waals surface area contributed by atoms with E-state index < -0.39 is 0 Å². The number of benzene rings is 6. The van der Waals surface area contributed by atoms with Gasteiger partial charge in [0.05, 0.1) is 10.2 Å². The molecule has 0 amide bonds. The van der Waals surface area contributed by atoms with Gasteiger partial charge in [-0.25, -0.2) is 19.9 Å². The first kappa shape index (κ1) is 24.8. The summed E-state index contributed by atoms with van der Waals surface area (Å²) in [5.41, 5.74) is 6.56. The van der Waals surface area contributed by atoms with Crippen molar-refractivity contribution in [2.24, 2.45) is 0 Å². The van der Waals surface area contributed by atoms with Gasteiger partial charge in [0.1, 0.15) is 16.2 Å². The number of aromatic nitrogens is 4. The Morgan fingerprint density at radius 1 is 0.477 bits per heavy atom. The molecule has 0 saturated carbocycles. The normalized spacial score (nSPS) is 11.6. The second-order valence-electron chi connectivity index (χ2n) is 10.7. The van der Waals surface area contributed by atoms with Crippen molar-refractivity contribution in [3.63, 3.8) is 0 Å². The summed E-state index contributed by atoms with van der Waals surface area (Å²) >= 11 is 1.68. The zero-order valence-corrected chi connectivity index (χ0v) is 24.1. The van der Waals surface area contributed by atoms with Gasteiger partial charge < -0.3 is 4.42 Å². The Balaban J connectivity index is 1.25. The molecule has 0 N–H and O–H groups in total. The summed E-state index contributed by atoms with van der Waals surface area (Å²) in [5, 5.41) is 5.37. The zero-order valence-electron chi connectivity index (χ0n) is 23.3. The van der Waals surface area contributed by atoms with Gasteiger partial charge in [0.25, 0.3) is 0 Å². The van der Waals surface area contributed by atoms with Crippen LogP contribution in [-0.4, -0.2) is 19.9 Å². The molecule has 3 heterocycles. The quantitative estimate of drug-likeness (QED) is 0.207. The first-order chi connectivity index (χ1) is 21.8. The fourth-order valence-corrected chi connectivity index (χ4v) is 6.98. The van der Waals surface area contributed by atoms with Crippen LogP contribution in [0.3, 0.4) is 0 Å². The SMILES string of the molecule is c1ccc(-c2nc(-c3ccccc3)nc(-c3cccc4ccc5nc(-c6ccc7c(c6)oc6ccccc67)sc5c34)n2)cc1. The van der Waals surface area contributed by atoms with E-state index in [2.05, 4.69) is 54.6 Å². The van der Waals surface area contributed by atoms with Gasteiger partial charge in [-0.15, -0.1) is 11.3 Å². The number of furan rings is 1. The van der Waals surface area contributed by atoms with E-state index in [1.54, 1.807) is 11.3 Å². The van der Waals surface area contributed by atoms with Crippen LogP contribution < -0.4 is 0 Å². The summed E-state index contributed by atoms with van der Waals surface area (Å²) in [5.74, 6) is 1.92. The third-order valence-electron chi connectivity index (χ3n) is 7.96. The molecule has 0 radical (unpaired) electrons. The Bertz CT molecular complexity index is 2440. The minimum Gasteiger partial charge on any atom is -0.456 e. The number of hydrogen-bond donors (Lipinski definition) is 0. The summed E-state index contributed by atoms with van der Waals surface area (Å²) in [6, 6.07) is 45.2. The van der Waals surface area contributed by atoms with Crippen LogP contribution in [0.15, 0.2) is 138 Å². The lowest BCUT2D eigenvalue weighted by Gasteiger charge is -2.10. The monoisotopic (exact) mass is 582 g/mol. The van der Waals surface area contributed by atoms with Gasteiger partial charge in [-0.05, 0) is 29.7 Å². The average molecular weight is 583 g/mol. The highest BCUT2D eigenvalue weighted by Crippen LogP contribution is 2.41. The molecule has 0 saturated heterocycles. The fraction of sp³-hybridized carbons (Fsp3) is 0. The second kappa shape index (κ2) is 9.93. The lowest BCUT2D eigenvalue weighted by Crippen LogP contribution is -2.00. The zero-order chi connectivity index (χ0) is 29.0. The molecule has 6 aromatic carbocycles. The molecule has 6 heteroatoms. The highest BCUT2D eigenvalue weighted by Gasteiger charge is 2.18. The van der Waals surface area contributed by atoms with Crippen LogP contribution in [0.25, 0.3) is 87.7 Å². The molecular formula is C38H22N4OS. The van der Waals surface area contributed by atoms with Crippen molar-refractivity contribution >= 4 is 54.3 Å². The van der Waals surface area contributed by atoms with Crippen molar-refractivity contribution in [2.75, 3.05) is 0 Å². The molecular weight excluding hydrogens is 561 g/mol. The van der Waals surface area contributed by atoms with Gasteiger partial charge in [-0.1, -0.05) is 109 Å². The van der Waals surface area contributed by atoms with E-state index >= 15 is 0 Å². The Labute approximate surface area is 256 Å².